The summed E-state index contributed by atoms with van der Waals surface area (Å²) in [5.74, 6) is 0. The van der Waals surface area contributed by atoms with Gasteiger partial charge in [-0.15, -0.1) is 0 Å². The molecule has 0 aromatic carbocycles. The van der Waals surface area contributed by atoms with Gasteiger partial charge in [0.1, 0.15) is 0 Å². The second-order valence-corrected chi connectivity index (χ2v) is 4.00. The molecule has 86 valence electrons. The molecule has 1 rings (SSSR count). The molecule has 0 radical (unpaired) electrons. The third kappa shape index (κ3) is 3.78. The Morgan fingerprint density at radius 3 is 2.80 bits per heavy atom. The summed E-state index contributed by atoms with van der Waals surface area (Å²) in [6, 6.07) is 2.38. The summed E-state index contributed by atoms with van der Waals surface area (Å²) in [5.41, 5.74) is 0. The lowest BCUT2D eigenvalue weighted by atomic mass is 10.1. The first-order chi connectivity index (χ1) is 7.29. The third-order valence-electron chi connectivity index (χ3n) is 3.01. The Bertz CT molecular complexity index is 215. The highest BCUT2D eigenvalue weighted by Crippen LogP contribution is 2.24. The molecule has 1 saturated carbocycles. The van der Waals surface area contributed by atoms with Crippen molar-refractivity contribution in [3.63, 3.8) is 0 Å². The molecule has 1 aliphatic carbocycles. The first-order valence-electron chi connectivity index (χ1n) is 5.57. The van der Waals surface area contributed by atoms with Gasteiger partial charge in [0.05, 0.1) is 18.8 Å². The van der Waals surface area contributed by atoms with Crippen LogP contribution in [0.5, 0.6) is 0 Å². The summed E-state index contributed by atoms with van der Waals surface area (Å²) in [7, 11) is 1.67. The van der Waals surface area contributed by atoms with Crippen LogP contribution in [-0.4, -0.2) is 49.0 Å². The first-order valence-corrected chi connectivity index (χ1v) is 5.57. The number of nitriles is 1. The average molecular weight is 212 g/mol. The summed E-state index contributed by atoms with van der Waals surface area (Å²) in [6.07, 6.45) is 3.31. The third-order valence-corrected chi connectivity index (χ3v) is 3.01. The van der Waals surface area contributed by atoms with Crippen molar-refractivity contribution in [2.75, 3.05) is 26.8 Å². The number of hydrogen-bond donors (Lipinski definition) is 1. The van der Waals surface area contributed by atoms with Crippen LogP contribution >= 0.6 is 0 Å². The topological polar surface area (TPSA) is 56.5 Å². The van der Waals surface area contributed by atoms with Crippen LogP contribution in [0.15, 0.2) is 0 Å². The van der Waals surface area contributed by atoms with Crippen LogP contribution in [0.4, 0.5) is 0 Å². The molecule has 2 atom stereocenters. The van der Waals surface area contributed by atoms with Crippen LogP contribution in [-0.2, 0) is 4.74 Å². The summed E-state index contributed by atoms with van der Waals surface area (Å²) in [4.78, 5) is 2.18. The summed E-state index contributed by atoms with van der Waals surface area (Å²) in [6.45, 7) is 2.20. The lowest BCUT2D eigenvalue weighted by Gasteiger charge is -2.30. The zero-order valence-electron chi connectivity index (χ0n) is 9.35. The smallest absolute Gasteiger partial charge is 0.0695 e. The Morgan fingerprint density at radius 2 is 2.27 bits per heavy atom. The van der Waals surface area contributed by atoms with Gasteiger partial charge in [-0.25, -0.2) is 0 Å². The molecule has 1 fully saturated rings. The van der Waals surface area contributed by atoms with Gasteiger partial charge in [-0.1, -0.05) is 0 Å². The van der Waals surface area contributed by atoms with E-state index in [1.54, 1.807) is 7.11 Å². The zero-order valence-corrected chi connectivity index (χ0v) is 9.35. The highest BCUT2D eigenvalue weighted by atomic mass is 16.5. The van der Waals surface area contributed by atoms with Crippen LogP contribution in [0.2, 0.25) is 0 Å². The van der Waals surface area contributed by atoms with Crippen molar-refractivity contribution in [3.8, 4) is 6.07 Å². The quantitative estimate of drug-likeness (QED) is 0.706. The van der Waals surface area contributed by atoms with Crippen molar-refractivity contribution < 1.29 is 9.84 Å². The van der Waals surface area contributed by atoms with Crippen molar-refractivity contribution in [3.05, 3.63) is 0 Å². The molecular formula is C11H20N2O2. The lowest BCUT2D eigenvalue weighted by Crippen LogP contribution is -2.42. The van der Waals surface area contributed by atoms with Gasteiger partial charge in [0.15, 0.2) is 0 Å². The molecule has 0 aliphatic heterocycles. The number of nitrogens with zero attached hydrogens (tertiary/aromatic N) is 2. The van der Waals surface area contributed by atoms with Gasteiger partial charge < -0.3 is 9.84 Å². The van der Waals surface area contributed by atoms with Crippen LogP contribution in [0.3, 0.4) is 0 Å². The van der Waals surface area contributed by atoms with E-state index in [2.05, 4.69) is 11.0 Å². The monoisotopic (exact) mass is 212 g/mol. The van der Waals surface area contributed by atoms with E-state index in [1.165, 1.54) is 0 Å². The maximum Gasteiger partial charge on any atom is 0.0695 e. The molecule has 4 heteroatoms. The second-order valence-electron chi connectivity index (χ2n) is 4.00. The van der Waals surface area contributed by atoms with Gasteiger partial charge in [-0.3, -0.25) is 4.90 Å². The fraction of sp³-hybridized carbons (Fsp3) is 0.909. The number of rotatable bonds is 6. The minimum absolute atomic E-state index is 0.222. The van der Waals surface area contributed by atoms with E-state index in [-0.39, 0.29) is 12.1 Å². The fourth-order valence-corrected chi connectivity index (χ4v) is 2.19. The zero-order chi connectivity index (χ0) is 11.1. The molecular weight excluding hydrogens is 192 g/mol. The van der Waals surface area contributed by atoms with Gasteiger partial charge in [-0.05, 0) is 19.3 Å². The number of ether oxygens (including phenoxy) is 1. The average Bonchev–Trinajstić information content (AvgIpc) is 2.65. The van der Waals surface area contributed by atoms with Crippen molar-refractivity contribution in [2.24, 2.45) is 0 Å². The lowest BCUT2D eigenvalue weighted by molar-refractivity contribution is 0.0533. The summed E-state index contributed by atoms with van der Waals surface area (Å²) in [5, 5.41) is 18.4. The van der Waals surface area contributed by atoms with E-state index in [1.807, 2.05) is 0 Å². The van der Waals surface area contributed by atoms with Gasteiger partial charge in [0.25, 0.3) is 0 Å². The van der Waals surface area contributed by atoms with E-state index in [9.17, 15) is 5.11 Å². The van der Waals surface area contributed by atoms with Crippen LogP contribution in [0.1, 0.15) is 25.7 Å². The fourth-order valence-electron chi connectivity index (χ4n) is 2.19. The largest absolute Gasteiger partial charge is 0.391 e. The molecule has 1 N–H and O–H groups in total. The first kappa shape index (κ1) is 12.4. The number of methoxy groups -OCH3 is 1. The minimum Gasteiger partial charge on any atom is -0.391 e. The molecule has 0 aromatic rings. The predicted octanol–water partition coefficient (Wildman–Crippen LogP) is 0.762. The highest BCUT2D eigenvalue weighted by Gasteiger charge is 2.29. The number of hydrogen-bond acceptors (Lipinski definition) is 4. The molecule has 1 aliphatic rings. The van der Waals surface area contributed by atoms with Gasteiger partial charge in [0, 0.05) is 32.7 Å². The molecule has 4 nitrogen and oxygen atoms in total. The minimum atomic E-state index is -0.222. The highest BCUT2D eigenvalue weighted by molar-refractivity contribution is 4.86. The van der Waals surface area contributed by atoms with E-state index < -0.39 is 0 Å². The van der Waals surface area contributed by atoms with E-state index in [4.69, 9.17) is 10.00 Å². The van der Waals surface area contributed by atoms with Crippen molar-refractivity contribution in [1.29, 1.82) is 5.26 Å². The predicted molar refractivity (Wildman–Crippen MR) is 57.3 cm³/mol. The second kappa shape index (κ2) is 6.78. The van der Waals surface area contributed by atoms with Crippen molar-refractivity contribution >= 4 is 0 Å². The molecule has 15 heavy (non-hydrogen) atoms. The van der Waals surface area contributed by atoms with Crippen molar-refractivity contribution in [2.45, 2.75) is 37.8 Å². The maximum atomic E-state index is 9.79. The Labute approximate surface area is 91.4 Å². The Balaban J connectivity index is 2.42. The van der Waals surface area contributed by atoms with E-state index in [0.717, 1.165) is 32.4 Å². The molecule has 0 saturated heterocycles. The van der Waals surface area contributed by atoms with Crippen LogP contribution in [0.25, 0.3) is 0 Å². The van der Waals surface area contributed by atoms with E-state index in [0.29, 0.717) is 13.0 Å². The van der Waals surface area contributed by atoms with Crippen LogP contribution < -0.4 is 0 Å². The number of aliphatic hydroxyl groups is 1. The summed E-state index contributed by atoms with van der Waals surface area (Å²) >= 11 is 0. The standard InChI is InChI=1S/C11H20N2O2/c1-15-9-8-13(7-3-6-12)10-4-2-5-11(10)14/h10-11,14H,2-5,7-9H2,1H3/t10-,11-/m0/s1. The van der Waals surface area contributed by atoms with E-state index >= 15 is 0 Å². The van der Waals surface area contributed by atoms with Gasteiger partial charge >= 0.3 is 0 Å². The molecule has 0 amide bonds. The molecule has 0 bridgehead atoms. The summed E-state index contributed by atoms with van der Waals surface area (Å²) < 4.78 is 5.04. The molecule has 0 spiro atoms. The molecule has 0 unspecified atom stereocenters. The normalized spacial score (nSPS) is 25.7. The molecule has 0 heterocycles. The Hall–Kier alpha value is -0.630. The maximum absolute atomic E-state index is 9.79. The Morgan fingerprint density at radius 1 is 1.47 bits per heavy atom. The van der Waals surface area contributed by atoms with Crippen molar-refractivity contribution in [1.82, 2.24) is 4.90 Å². The molecule has 0 aromatic heterocycles. The Kier molecular flexibility index (Phi) is 5.62. The van der Waals surface area contributed by atoms with Gasteiger partial charge in [-0.2, -0.15) is 5.26 Å². The number of aliphatic hydroxyl groups excluding tert-OH is 1. The van der Waals surface area contributed by atoms with Gasteiger partial charge in [0.2, 0.25) is 0 Å². The van der Waals surface area contributed by atoms with Crippen LogP contribution in [0, 0.1) is 11.3 Å². The SMILES string of the molecule is COCCN(CCC#N)[C@H]1CCC[C@@H]1O.